The number of aromatic amines is 1. The van der Waals surface area contributed by atoms with Crippen molar-refractivity contribution in [2.75, 3.05) is 33.2 Å². The summed E-state index contributed by atoms with van der Waals surface area (Å²) in [6, 6.07) is 10.8. The maximum absolute atomic E-state index is 5.71. The number of rotatable bonds is 7. The molecule has 0 bridgehead atoms. The summed E-state index contributed by atoms with van der Waals surface area (Å²) >= 11 is 0. The van der Waals surface area contributed by atoms with Crippen LogP contribution in [0.2, 0.25) is 0 Å². The van der Waals surface area contributed by atoms with Gasteiger partial charge in [0.25, 0.3) is 0 Å². The molecule has 0 saturated carbocycles. The fourth-order valence-corrected chi connectivity index (χ4v) is 4.18. The Morgan fingerprint density at radius 3 is 2.86 bits per heavy atom. The lowest BCUT2D eigenvalue weighted by atomic mass is 10.1. The highest BCUT2D eigenvalue weighted by molar-refractivity contribution is 5.84. The molecule has 6 heteroatoms. The van der Waals surface area contributed by atoms with Gasteiger partial charge >= 0.3 is 0 Å². The second-order valence-electron chi connectivity index (χ2n) is 7.77. The van der Waals surface area contributed by atoms with Gasteiger partial charge in [-0.25, -0.2) is 0 Å². The number of aliphatic imine (C=N–C) groups is 1. The highest BCUT2D eigenvalue weighted by Crippen LogP contribution is 2.25. The largest absolute Gasteiger partial charge is 0.468 e. The molecule has 0 aliphatic carbocycles. The molecule has 1 aromatic carbocycles. The number of hydrogen-bond acceptors (Lipinski definition) is 3. The third-order valence-electron chi connectivity index (χ3n) is 5.75. The number of benzene rings is 1. The molecule has 6 nitrogen and oxygen atoms in total. The van der Waals surface area contributed by atoms with Crippen LogP contribution < -0.4 is 10.6 Å². The molecule has 29 heavy (non-hydrogen) atoms. The summed E-state index contributed by atoms with van der Waals surface area (Å²) in [5.74, 6) is 1.85. The lowest BCUT2D eigenvalue weighted by Crippen LogP contribution is -2.43. The minimum Gasteiger partial charge on any atom is -0.468 e. The maximum atomic E-state index is 5.71. The molecule has 1 atom stereocenters. The molecule has 1 fully saturated rings. The highest BCUT2D eigenvalue weighted by Gasteiger charge is 2.25. The van der Waals surface area contributed by atoms with Gasteiger partial charge in [-0.15, -0.1) is 0 Å². The number of nitrogens with zero attached hydrogens (tertiary/aromatic N) is 2. The second kappa shape index (κ2) is 9.18. The first-order valence-electron chi connectivity index (χ1n) is 10.5. The van der Waals surface area contributed by atoms with Gasteiger partial charge in [0, 0.05) is 37.2 Å². The number of guanidine groups is 1. The fourth-order valence-electron chi connectivity index (χ4n) is 4.18. The molecule has 1 aliphatic heterocycles. The molecule has 1 unspecified atom stereocenters. The summed E-state index contributed by atoms with van der Waals surface area (Å²) < 4.78 is 5.71. The minimum atomic E-state index is 0.239. The summed E-state index contributed by atoms with van der Waals surface area (Å²) in [4.78, 5) is 10.3. The van der Waals surface area contributed by atoms with Gasteiger partial charge in [0.15, 0.2) is 5.96 Å². The molecule has 154 valence electrons. The van der Waals surface area contributed by atoms with E-state index in [0.717, 1.165) is 44.3 Å². The van der Waals surface area contributed by atoms with Crippen LogP contribution in [0.1, 0.15) is 35.8 Å². The Hall–Kier alpha value is -2.73. The molecule has 0 amide bonds. The zero-order valence-electron chi connectivity index (χ0n) is 17.4. The van der Waals surface area contributed by atoms with Crippen molar-refractivity contribution in [2.45, 2.75) is 32.2 Å². The van der Waals surface area contributed by atoms with Gasteiger partial charge in [0.1, 0.15) is 5.76 Å². The van der Waals surface area contributed by atoms with Crippen molar-refractivity contribution in [1.82, 2.24) is 20.5 Å². The number of furan rings is 1. The smallest absolute Gasteiger partial charge is 0.191 e. The summed E-state index contributed by atoms with van der Waals surface area (Å²) in [6.45, 7) is 5.97. The number of aromatic nitrogens is 1. The van der Waals surface area contributed by atoms with Crippen LogP contribution in [0.15, 0.2) is 52.2 Å². The van der Waals surface area contributed by atoms with E-state index in [1.807, 2.05) is 13.1 Å². The van der Waals surface area contributed by atoms with E-state index in [4.69, 9.17) is 4.42 Å². The third-order valence-corrected chi connectivity index (χ3v) is 5.75. The number of H-pyrrole nitrogens is 1. The lowest BCUT2D eigenvalue weighted by molar-refractivity contribution is 0.215. The van der Waals surface area contributed by atoms with E-state index >= 15 is 0 Å². The molecule has 3 N–H and O–H groups in total. The fraction of sp³-hybridized carbons (Fsp3) is 0.435. The molecule has 0 radical (unpaired) electrons. The Bertz CT molecular complexity index is 937. The number of nitrogens with one attached hydrogen (secondary N) is 3. The zero-order chi connectivity index (χ0) is 20.1. The average Bonchev–Trinajstić information content (AvgIpc) is 3.49. The van der Waals surface area contributed by atoms with E-state index in [2.05, 4.69) is 62.9 Å². The quantitative estimate of drug-likeness (QED) is 0.424. The first kappa shape index (κ1) is 19.6. The van der Waals surface area contributed by atoms with Gasteiger partial charge in [0.2, 0.25) is 0 Å². The van der Waals surface area contributed by atoms with Crippen molar-refractivity contribution in [1.29, 1.82) is 0 Å². The van der Waals surface area contributed by atoms with Gasteiger partial charge < -0.3 is 20.0 Å². The Morgan fingerprint density at radius 1 is 1.24 bits per heavy atom. The van der Waals surface area contributed by atoms with E-state index in [0.29, 0.717) is 0 Å². The van der Waals surface area contributed by atoms with Crippen LogP contribution in [0.25, 0.3) is 10.9 Å². The van der Waals surface area contributed by atoms with Gasteiger partial charge in [0.05, 0.1) is 12.3 Å². The Morgan fingerprint density at radius 2 is 2.10 bits per heavy atom. The normalized spacial score (nSPS) is 16.4. The van der Waals surface area contributed by atoms with Gasteiger partial charge in [-0.1, -0.05) is 12.1 Å². The van der Waals surface area contributed by atoms with E-state index in [-0.39, 0.29) is 6.04 Å². The predicted molar refractivity (Wildman–Crippen MR) is 118 cm³/mol. The monoisotopic (exact) mass is 393 g/mol. The third kappa shape index (κ3) is 4.65. The minimum absolute atomic E-state index is 0.239. The summed E-state index contributed by atoms with van der Waals surface area (Å²) in [6.07, 6.45) is 7.33. The molecule has 3 aromatic rings. The van der Waals surface area contributed by atoms with Crippen LogP contribution in [-0.4, -0.2) is 49.1 Å². The second-order valence-corrected chi connectivity index (χ2v) is 7.77. The van der Waals surface area contributed by atoms with Crippen molar-refractivity contribution in [3.05, 3.63) is 59.7 Å². The first-order valence-corrected chi connectivity index (χ1v) is 10.5. The SMILES string of the molecule is CN=C(NCCc1c[nH]c2cc(C)ccc12)NCC(c1ccco1)N1CCCC1. The first-order chi connectivity index (χ1) is 14.2. The number of likely N-dealkylation sites (tertiary alicyclic amines) is 1. The topological polar surface area (TPSA) is 68.6 Å². The number of aryl methyl sites for hydroxylation is 1. The zero-order valence-corrected chi connectivity index (χ0v) is 17.4. The summed E-state index contributed by atoms with van der Waals surface area (Å²) in [7, 11) is 1.82. The molecule has 4 rings (SSSR count). The summed E-state index contributed by atoms with van der Waals surface area (Å²) in [5.41, 5.74) is 3.81. The number of fused-ring (bicyclic) bond motifs is 1. The average molecular weight is 394 g/mol. The van der Waals surface area contributed by atoms with Crippen LogP contribution in [0.3, 0.4) is 0 Å². The van der Waals surface area contributed by atoms with Crippen LogP contribution in [0, 0.1) is 6.92 Å². The lowest BCUT2D eigenvalue weighted by Gasteiger charge is -2.26. The van der Waals surface area contributed by atoms with Crippen LogP contribution in [-0.2, 0) is 6.42 Å². The molecular weight excluding hydrogens is 362 g/mol. The van der Waals surface area contributed by atoms with E-state index in [1.54, 1.807) is 6.26 Å². The predicted octanol–water partition coefficient (Wildman–Crippen LogP) is 3.61. The summed E-state index contributed by atoms with van der Waals surface area (Å²) in [5, 5.41) is 8.24. The van der Waals surface area contributed by atoms with Gasteiger partial charge in [-0.2, -0.15) is 0 Å². The Balaban J connectivity index is 1.32. The van der Waals surface area contributed by atoms with E-state index in [1.165, 1.54) is 34.9 Å². The number of hydrogen-bond donors (Lipinski definition) is 3. The molecular formula is C23H31N5O. The van der Waals surface area contributed by atoms with Crippen molar-refractivity contribution in [2.24, 2.45) is 4.99 Å². The molecule has 0 spiro atoms. The van der Waals surface area contributed by atoms with Gasteiger partial charge in [-0.3, -0.25) is 9.89 Å². The van der Waals surface area contributed by atoms with Crippen molar-refractivity contribution < 1.29 is 4.42 Å². The van der Waals surface area contributed by atoms with E-state index in [9.17, 15) is 0 Å². The van der Waals surface area contributed by atoms with Crippen LogP contribution >= 0.6 is 0 Å². The van der Waals surface area contributed by atoms with Crippen LogP contribution in [0.4, 0.5) is 0 Å². The van der Waals surface area contributed by atoms with Gasteiger partial charge in [-0.05, 0) is 68.6 Å². The Labute approximate surface area is 172 Å². The molecule has 1 saturated heterocycles. The van der Waals surface area contributed by atoms with Crippen molar-refractivity contribution >= 4 is 16.9 Å². The van der Waals surface area contributed by atoms with E-state index < -0.39 is 0 Å². The van der Waals surface area contributed by atoms with Crippen LogP contribution in [0.5, 0.6) is 0 Å². The standard InChI is InChI=1S/C23H31N5O/c1-17-7-8-19-18(15-26-20(19)14-17)9-10-25-23(24-2)27-16-21(22-6-5-13-29-22)28-11-3-4-12-28/h5-8,13-15,21,26H,3-4,9-12,16H2,1-2H3,(H2,24,25,27). The Kier molecular flexibility index (Phi) is 6.20. The van der Waals surface area contributed by atoms with Crippen molar-refractivity contribution in [3.8, 4) is 0 Å². The maximum Gasteiger partial charge on any atom is 0.191 e. The molecule has 2 aromatic heterocycles. The highest BCUT2D eigenvalue weighted by atomic mass is 16.3. The van der Waals surface area contributed by atoms with Crippen molar-refractivity contribution in [3.63, 3.8) is 0 Å². The molecule has 3 heterocycles. The molecule has 1 aliphatic rings.